The zero-order chi connectivity index (χ0) is 14.1. The van der Waals surface area contributed by atoms with Gasteiger partial charge in [0.2, 0.25) is 0 Å². The van der Waals surface area contributed by atoms with Crippen molar-refractivity contribution in [2.45, 2.75) is 71.0 Å². The van der Waals surface area contributed by atoms with E-state index in [1.54, 1.807) is 0 Å². The van der Waals surface area contributed by atoms with Gasteiger partial charge in [0.25, 0.3) is 0 Å². The van der Waals surface area contributed by atoms with E-state index in [9.17, 15) is 0 Å². The molecule has 2 heteroatoms. The van der Waals surface area contributed by atoms with Gasteiger partial charge in [0.15, 0.2) is 0 Å². The number of hydrogen-bond acceptors (Lipinski definition) is 2. The average Bonchev–Trinajstić information content (AvgIpc) is 2.41. The summed E-state index contributed by atoms with van der Waals surface area (Å²) in [5.74, 6) is 0. The van der Waals surface area contributed by atoms with Crippen LogP contribution in [0.15, 0.2) is 18.2 Å². The molecular formula is C18H28N2. The first-order valence-corrected chi connectivity index (χ1v) is 8.28. The molecule has 2 unspecified atom stereocenters. The van der Waals surface area contributed by atoms with Crippen molar-refractivity contribution in [3.63, 3.8) is 0 Å². The molecule has 0 saturated carbocycles. The van der Waals surface area contributed by atoms with E-state index in [2.05, 4.69) is 49.2 Å². The molecule has 0 aromatic heterocycles. The first-order valence-electron chi connectivity index (χ1n) is 8.28. The third-order valence-electron chi connectivity index (χ3n) is 5.26. The highest BCUT2D eigenvalue weighted by atomic mass is 15.2. The molecule has 0 radical (unpaired) electrons. The van der Waals surface area contributed by atoms with E-state index < -0.39 is 0 Å². The van der Waals surface area contributed by atoms with Crippen LogP contribution in [-0.4, -0.2) is 24.7 Å². The van der Waals surface area contributed by atoms with Gasteiger partial charge in [-0.2, -0.15) is 0 Å². The molecule has 2 fully saturated rings. The second-order valence-corrected chi connectivity index (χ2v) is 6.64. The average molecular weight is 272 g/mol. The topological polar surface area (TPSA) is 15.3 Å². The molecule has 3 rings (SSSR count). The van der Waals surface area contributed by atoms with E-state index >= 15 is 0 Å². The molecule has 1 N–H and O–H groups in total. The van der Waals surface area contributed by atoms with Crippen molar-refractivity contribution in [2.24, 2.45) is 0 Å². The van der Waals surface area contributed by atoms with E-state index in [1.807, 2.05) is 0 Å². The van der Waals surface area contributed by atoms with Crippen LogP contribution in [0.2, 0.25) is 0 Å². The molecule has 0 amide bonds. The lowest BCUT2D eigenvalue weighted by molar-refractivity contribution is 0.247. The van der Waals surface area contributed by atoms with E-state index in [1.165, 1.54) is 48.9 Å². The number of fused-ring (bicyclic) bond motifs is 2. The Morgan fingerprint density at radius 3 is 2.40 bits per heavy atom. The fourth-order valence-corrected chi connectivity index (χ4v) is 4.14. The van der Waals surface area contributed by atoms with Crippen molar-refractivity contribution in [2.75, 3.05) is 11.4 Å². The quantitative estimate of drug-likeness (QED) is 0.900. The van der Waals surface area contributed by atoms with Gasteiger partial charge in [0.05, 0.1) is 0 Å². The third kappa shape index (κ3) is 2.58. The van der Waals surface area contributed by atoms with Crippen molar-refractivity contribution >= 4 is 5.69 Å². The number of benzene rings is 1. The maximum atomic E-state index is 3.68. The molecule has 2 aliphatic rings. The molecule has 2 nitrogen and oxygen atoms in total. The minimum absolute atomic E-state index is 0.734. The fraction of sp³-hybridized carbons (Fsp3) is 0.667. The lowest BCUT2D eigenvalue weighted by Crippen LogP contribution is -2.56. The van der Waals surface area contributed by atoms with Gasteiger partial charge < -0.3 is 10.2 Å². The Hall–Kier alpha value is -1.02. The zero-order valence-electron chi connectivity index (χ0n) is 13.2. The van der Waals surface area contributed by atoms with Crippen LogP contribution >= 0.6 is 0 Å². The molecule has 110 valence electrons. The second kappa shape index (κ2) is 5.77. The highest BCUT2D eigenvalue weighted by molar-refractivity contribution is 5.53. The molecule has 20 heavy (non-hydrogen) atoms. The normalized spacial score (nSPS) is 29.6. The summed E-state index contributed by atoms with van der Waals surface area (Å²) < 4.78 is 0. The number of aryl methyl sites for hydroxylation is 2. The number of hydrogen-bond donors (Lipinski definition) is 1. The van der Waals surface area contributed by atoms with Gasteiger partial charge in [0, 0.05) is 23.8 Å². The van der Waals surface area contributed by atoms with Gasteiger partial charge >= 0.3 is 0 Å². The van der Waals surface area contributed by atoms with Gasteiger partial charge in [-0.15, -0.1) is 0 Å². The Morgan fingerprint density at radius 1 is 1.10 bits per heavy atom. The summed E-state index contributed by atoms with van der Waals surface area (Å²) in [5, 5.41) is 3.68. The molecular weight excluding hydrogens is 244 g/mol. The summed E-state index contributed by atoms with van der Waals surface area (Å²) in [6.45, 7) is 7.77. The standard InChI is InChI=1S/C18H28N2/c1-4-19-15-11-16-6-5-7-17(12-15)20(16)18-9-8-13(2)14(3)10-18/h8-10,15-17,19H,4-7,11-12H2,1-3H3. The third-order valence-corrected chi connectivity index (χ3v) is 5.26. The van der Waals surface area contributed by atoms with E-state index in [4.69, 9.17) is 0 Å². The molecule has 2 saturated heterocycles. The minimum Gasteiger partial charge on any atom is -0.365 e. The lowest BCUT2D eigenvalue weighted by atomic mass is 9.81. The van der Waals surface area contributed by atoms with Gasteiger partial charge in [-0.1, -0.05) is 13.0 Å². The Kier molecular flexibility index (Phi) is 4.02. The number of nitrogens with zero attached hydrogens (tertiary/aromatic N) is 1. The largest absolute Gasteiger partial charge is 0.365 e. The van der Waals surface area contributed by atoms with Gasteiger partial charge in [-0.25, -0.2) is 0 Å². The number of anilines is 1. The molecule has 1 aromatic rings. The second-order valence-electron chi connectivity index (χ2n) is 6.64. The van der Waals surface area contributed by atoms with Crippen molar-refractivity contribution in [1.29, 1.82) is 0 Å². The summed E-state index contributed by atoms with van der Waals surface area (Å²) in [5.41, 5.74) is 4.29. The molecule has 2 bridgehead atoms. The molecule has 0 aliphatic carbocycles. The van der Waals surface area contributed by atoms with Crippen LogP contribution in [0, 0.1) is 13.8 Å². The minimum atomic E-state index is 0.734. The number of nitrogens with one attached hydrogen (secondary N) is 1. The van der Waals surface area contributed by atoms with Gasteiger partial charge in [-0.3, -0.25) is 0 Å². The van der Waals surface area contributed by atoms with Crippen molar-refractivity contribution < 1.29 is 0 Å². The van der Waals surface area contributed by atoms with Crippen LogP contribution in [-0.2, 0) is 0 Å². The van der Waals surface area contributed by atoms with Gasteiger partial charge in [0.1, 0.15) is 0 Å². The zero-order valence-corrected chi connectivity index (χ0v) is 13.2. The Balaban J connectivity index is 1.84. The highest BCUT2D eigenvalue weighted by Gasteiger charge is 2.37. The first-order chi connectivity index (χ1) is 9.69. The Labute approximate surface area is 123 Å². The number of piperidine rings is 2. The van der Waals surface area contributed by atoms with Gasteiger partial charge in [-0.05, 0) is 75.8 Å². The summed E-state index contributed by atoms with van der Waals surface area (Å²) in [4.78, 5) is 2.74. The maximum absolute atomic E-state index is 3.68. The van der Waals surface area contributed by atoms with Crippen LogP contribution in [0.4, 0.5) is 5.69 Å². The Bertz CT molecular complexity index is 454. The fourth-order valence-electron chi connectivity index (χ4n) is 4.14. The summed E-state index contributed by atoms with van der Waals surface area (Å²) in [6, 6.07) is 9.24. The lowest BCUT2D eigenvalue weighted by Gasteiger charge is -2.50. The van der Waals surface area contributed by atoms with E-state index in [0.717, 1.165) is 24.7 Å². The van der Waals surface area contributed by atoms with Crippen LogP contribution in [0.5, 0.6) is 0 Å². The van der Waals surface area contributed by atoms with E-state index in [0.29, 0.717) is 0 Å². The summed E-state index contributed by atoms with van der Waals surface area (Å²) >= 11 is 0. The van der Waals surface area contributed by atoms with Crippen LogP contribution < -0.4 is 10.2 Å². The maximum Gasteiger partial charge on any atom is 0.0374 e. The SMILES string of the molecule is CCNC1CC2CCCC(C1)N2c1ccc(C)c(C)c1. The monoisotopic (exact) mass is 272 g/mol. The van der Waals surface area contributed by atoms with Crippen LogP contribution in [0.25, 0.3) is 0 Å². The molecule has 2 aliphatic heterocycles. The highest BCUT2D eigenvalue weighted by Crippen LogP contribution is 2.38. The van der Waals surface area contributed by atoms with Crippen molar-refractivity contribution in [1.82, 2.24) is 5.32 Å². The van der Waals surface area contributed by atoms with Crippen LogP contribution in [0.1, 0.15) is 50.2 Å². The smallest absolute Gasteiger partial charge is 0.0374 e. The summed E-state index contributed by atoms with van der Waals surface area (Å²) in [7, 11) is 0. The summed E-state index contributed by atoms with van der Waals surface area (Å²) in [6.07, 6.45) is 6.78. The molecule has 0 spiro atoms. The molecule has 2 atom stereocenters. The predicted octanol–water partition coefficient (Wildman–Crippen LogP) is 3.80. The van der Waals surface area contributed by atoms with Crippen LogP contribution in [0.3, 0.4) is 0 Å². The Morgan fingerprint density at radius 2 is 1.80 bits per heavy atom. The van der Waals surface area contributed by atoms with Crippen molar-refractivity contribution in [3.8, 4) is 0 Å². The van der Waals surface area contributed by atoms with E-state index in [-0.39, 0.29) is 0 Å². The first kappa shape index (κ1) is 13.9. The predicted molar refractivity (Wildman–Crippen MR) is 86.5 cm³/mol. The van der Waals surface area contributed by atoms with Crippen molar-refractivity contribution in [3.05, 3.63) is 29.3 Å². The molecule has 1 aromatic carbocycles. The number of rotatable bonds is 3. The molecule has 2 heterocycles.